The van der Waals surface area contributed by atoms with Crippen molar-refractivity contribution in [1.29, 1.82) is 0 Å². The summed E-state index contributed by atoms with van der Waals surface area (Å²) in [4.78, 5) is 10.6. The van der Waals surface area contributed by atoms with Gasteiger partial charge in [0.1, 0.15) is 0 Å². The summed E-state index contributed by atoms with van der Waals surface area (Å²) in [5.41, 5.74) is 7.02. The molecule has 0 fully saturated rings. The second-order valence-corrected chi connectivity index (χ2v) is 4.80. The lowest BCUT2D eigenvalue weighted by Crippen LogP contribution is -2.09. The standard InChI is InChI=1S/C12H14ClN5O2/c1-2-3-11-12(14)15-16-17(11)7-8-6-9(13)4-5-10(8)18(19)20/h4-6H,2-3,7,14H2,1H3. The Morgan fingerprint density at radius 2 is 2.25 bits per heavy atom. The van der Waals surface area contributed by atoms with Crippen molar-refractivity contribution < 1.29 is 4.92 Å². The van der Waals surface area contributed by atoms with Crippen LogP contribution in [0.15, 0.2) is 18.2 Å². The molecule has 7 nitrogen and oxygen atoms in total. The van der Waals surface area contributed by atoms with Gasteiger partial charge in [0.2, 0.25) is 0 Å². The zero-order valence-corrected chi connectivity index (χ0v) is 11.7. The van der Waals surface area contributed by atoms with Crippen LogP contribution in [0.3, 0.4) is 0 Å². The molecule has 2 rings (SSSR count). The lowest BCUT2D eigenvalue weighted by Gasteiger charge is -2.07. The van der Waals surface area contributed by atoms with Gasteiger partial charge in [-0.1, -0.05) is 30.2 Å². The predicted octanol–water partition coefficient (Wildman–Crippen LogP) is 2.42. The van der Waals surface area contributed by atoms with Gasteiger partial charge in [-0.2, -0.15) is 0 Å². The minimum absolute atomic E-state index is 0.00548. The summed E-state index contributed by atoms with van der Waals surface area (Å²) in [5, 5.41) is 19.2. The van der Waals surface area contributed by atoms with Crippen molar-refractivity contribution in [2.24, 2.45) is 0 Å². The molecule has 0 saturated carbocycles. The highest BCUT2D eigenvalue weighted by atomic mass is 35.5. The van der Waals surface area contributed by atoms with Crippen LogP contribution >= 0.6 is 11.6 Å². The normalized spacial score (nSPS) is 10.7. The van der Waals surface area contributed by atoms with E-state index in [0.29, 0.717) is 22.8 Å². The molecule has 0 atom stereocenters. The summed E-state index contributed by atoms with van der Waals surface area (Å²) in [6.45, 7) is 2.23. The molecule has 1 heterocycles. The zero-order valence-electron chi connectivity index (χ0n) is 10.9. The first kappa shape index (κ1) is 14.3. The van der Waals surface area contributed by atoms with Gasteiger partial charge in [0, 0.05) is 11.1 Å². The van der Waals surface area contributed by atoms with Gasteiger partial charge >= 0.3 is 0 Å². The number of aromatic nitrogens is 3. The highest BCUT2D eigenvalue weighted by Crippen LogP contribution is 2.24. The molecule has 0 aliphatic rings. The Kier molecular flexibility index (Phi) is 4.19. The number of nitrogen functional groups attached to an aromatic ring is 1. The Hall–Kier alpha value is -2.15. The number of rotatable bonds is 5. The van der Waals surface area contributed by atoms with E-state index in [0.717, 1.165) is 12.1 Å². The molecule has 0 radical (unpaired) electrons. The summed E-state index contributed by atoms with van der Waals surface area (Å²) in [6, 6.07) is 4.44. The number of anilines is 1. The summed E-state index contributed by atoms with van der Waals surface area (Å²) >= 11 is 5.90. The Balaban J connectivity index is 2.39. The van der Waals surface area contributed by atoms with Gasteiger partial charge in [-0.05, 0) is 18.6 Å². The van der Waals surface area contributed by atoms with Crippen molar-refractivity contribution in [1.82, 2.24) is 15.0 Å². The summed E-state index contributed by atoms with van der Waals surface area (Å²) < 4.78 is 1.58. The number of halogens is 1. The molecule has 8 heteroatoms. The van der Waals surface area contributed by atoms with Gasteiger partial charge in [0.25, 0.3) is 5.69 Å². The fourth-order valence-electron chi connectivity index (χ4n) is 1.99. The summed E-state index contributed by atoms with van der Waals surface area (Å²) in [5.74, 6) is 0.358. The molecule has 0 aliphatic heterocycles. The molecule has 1 aromatic carbocycles. The van der Waals surface area contributed by atoms with Crippen LogP contribution in [0, 0.1) is 10.1 Å². The van der Waals surface area contributed by atoms with Crippen LogP contribution in [-0.4, -0.2) is 19.9 Å². The molecule has 2 N–H and O–H groups in total. The highest BCUT2D eigenvalue weighted by molar-refractivity contribution is 6.30. The molecule has 0 spiro atoms. The molecule has 1 aromatic heterocycles. The maximum absolute atomic E-state index is 11.0. The van der Waals surface area contributed by atoms with Crippen LogP contribution in [-0.2, 0) is 13.0 Å². The SMILES string of the molecule is CCCc1c(N)nnn1Cc1cc(Cl)ccc1[N+](=O)[O-]. The highest BCUT2D eigenvalue weighted by Gasteiger charge is 2.17. The maximum atomic E-state index is 11.0. The molecular formula is C12H14ClN5O2. The van der Waals surface area contributed by atoms with Crippen molar-refractivity contribution in [3.8, 4) is 0 Å². The third-order valence-corrected chi connectivity index (χ3v) is 3.15. The van der Waals surface area contributed by atoms with Crippen molar-refractivity contribution in [3.63, 3.8) is 0 Å². The van der Waals surface area contributed by atoms with E-state index in [9.17, 15) is 10.1 Å². The van der Waals surface area contributed by atoms with Gasteiger partial charge in [0.05, 0.1) is 22.7 Å². The van der Waals surface area contributed by atoms with Crippen LogP contribution in [0.2, 0.25) is 5.02 Å². The van der Waals surface area contributed by atoms with Crippen molar-refractivity contribution in [2.75, 3.05) is 5.73 Å². The second kappa shape index (κ2) is 5.87. The van der Waals surface area contributed by atoms with Crippen molar-refractivity contribution >= 4 is 23.1 Å². The topological polar surface area (TPSA) is 99.9 Å². The molecule has 0 unspecified atom stereocenters. The minimum atomic E-state index is -0.439. The maximum Gasteiger partial charge on any atom is 0.274 e. The monoisotopic (exact) mass is 295 g/mol. The number of nitro benzene ring substituents is 1. The lowest BCUT2D eigenvalue weighted by molar-refractivity contribution is -0.385. The number of benzene rings is 1. The van der Waals surface area contributed by atoms with Crippen molar-refractivity contribution in [3.05, 3.63) is 44.6 Å². The summed E-state index contributed by atoms with van der Waals surface area (Å²) in [6.07, 6.45) is 1.60. The minimum Gasteiger partial charge on any atom is -0.381 e. The van der Waals surface area contributed by atoms with Crippen molar-refractivity contribution in [2.45, 2.75) is 26.3 Å². The first-order chi connectivity index (χ1) is 9.52. The summed E-state index contributed by atoms with van der Waals surface area (Å²) in [7, 11) is 0. The van der Waals surface area contributed by atoms with E-state index in [1.54, 1.807) is 10.7 Å². The number of nitro groups is 1. The van der Waals surface area contributed by atoms with Crippen LogP contribution in [0.1, 0.15) is 24.6 Å². The van der Waals surface area contributed by atoms with Crippen LogP contribution < -0.4 is 5.73 Å². The zero-order chi connectivity index (χ0) is 14.7. The molecule has 0 bridgehead atoms. The first-order valence-electron chi connectivity index (χ1n) is 6.13. The number of hydrogen-bond donors (Lipinski definition) is 1. The molecule has 0 aliphatic carbocycles. The van der Waals surface area contributed by atoms with Gasteiger partial charge in [0.15, 0.2) is 5.82 Å². The third-order valence-electron chi connectivity index (χ3n) is 2.91. The third kappa shape index (κ3) is 2.88. The lowest BCUT2D eigenvalue weighted by atomic mass is 10.1. The average Bonchev–Trinajstić information content (AvgIpc) is 2.72. The molecule has 20 heavy (non-hydrogen) atoms. The van der Waals surface area contributed by atoms with Gasteiger partial charge in [-0.25, -0.2) is 4.68 Å². The van der Waals surface area contributed by atoms with E-state index < -0.39 is 4.92 Å². The number of nitrogens with two attached hydrogens (primary N) is 1. The van der Waals surface area contributed by atoms with E-state index in [1.807, 2.05) is 6.92 Å². The van der Waals surface area contributed by atoms with E-state index in [-0.39, 0.29) is 12.2 Å². The molecular weight excluding hydrogens is 282 g/mol. The largest absolute Gasteiger partial charge is 0.381 e. The van der Waals surface area contributed by atoms with E-state index in [1.165, 1.54) is 12.1 Å². The van der Waals surface area contributed by atoms with Crippen LogP contribution in [0.5, 0.6) is 0 Å². The molecule has 106 valence electrons. The van der Waals surface area contributed by atoms with E-state index in [4.69, 9.17) is 17.3 Å². The van der Waals surface area contributed by atoms with E-state index in [2.05, 4.69) is 10.3 Å². The molecule has 0 saturated heterocycles. The smallest absolute Gasteiger partial charge is 0.274 e. The first-order valence-corrected chi connectivity index (χ1v) is 6.51. The predicted molar refractivity (Wildman–Crippen MR) is 75.6 cm³/mol. The Morgan fingerprint density at radius 1 is 1.50 bits per heavy atom. The fraction of sp³-hybridized carbons (Fsp3) is 0.333. The quantitative estimate of drug-likeness (QED) is 0.674. The fourth-order valence-corrected chi connectivity index (χ4v) is 2.18. The van der Waals surface area contributed by atoms with Gasteiger partial charge in [-0.15, -0.1) is 5.10 Å². The van der Waals surface area contributed by atoms with Crippen LogP contribution in [0.25, 0.3) is 0 Å². The number of hydrogen-bond acceptors (Lipinski definition) is 5. The Bertz CT molecular complexity index is 641. The van der Waals surface area contributed by atoms with Gasteiger partial charge < -0.3 is 5.73 Å². The second-order valence-electron chi connectivity index (χ2n) is 4.36. The van der Waals surface area contributed by atoms with E-state index >= 15 is 0 Å². The molecule has 0 amide bonds. The van der Waals surface area contributed by atoms with Crippen LogP contribution in [0.4, 0.5) is 11.5 Å². The van der Waals surface area contributed by atoms with Gasteiger partial charge in [-0.3, -0.25) is 10.1 Å². The Morgan fingerprint density at radius 3 is 2.90 bits per heavy atom. The number of nitrogens with zero attached hydrogens (tertiary/aromatic N) is 4. The Labute approximate surface area is 120 Å². The molecule has 2 aromatic rings. The average molecular weight is 296 g/mol.